The summed E-state index contributed by atoms with van der Waals surface area (Å²) in [7, 11) is 1.84. The van der Waals surface area contributed by atoms with Gasteiger partial charge in [0.05, 0.1) is 0 Å². The van der Waals surface area contributed by atoms with Crippen molar-refractivity contribution in [2.24, 2.45) is 12.8 Å². The standard InChI is InChI=1S/C11H13NO2.C10H10N2O/c13-11(12-14)10-6-5-8-3-1-2-4-9(8)7-10;1-12-8-5-3-2-4-7(8)6-9(12)10(11)13/h5-7,14H,1-4H2,(H,12,13);2-6H,1H3,(H2,11,13). The van der Waals surface area contributed by atoms with Gasteiger partial charge in [0.1, 0.15) is 5.69 Å². The van der Waals surface area contributed by atoms with Crippen LogP contribution in [-0.4, -0.2) is 21.6 Å². The summed E-state index contributed by atoms with van der Waals surface area (Å²) >= 11 is 0. The van der Waals surface area contributed by atoms with E-state index >= 15 is 0 Å². The van der Waals surface area contributed by atoms with Gasteiger partial charge in [0, 0.05) is 23.5 Å². The molecule has 0 radical (unpaired) electrons. The van der Waals surface area contributed by atoms with Crippen LogP contribution in [0.4, 0.5) is 0 Å². The fourth-order valence-corrected chi connectivity index (χ4v) is 3.46. The van der Waals surface area contributed by atoms with Crippen LogP contribution in [0.2, 0.25) is 0 Å². The molecule has 0 fully saturated rings. The van der Waals surface area contributed by atoms with Crippen molar-refractivity contribution in [1.29, 1.82) is 0 Å². The summed E-state index contributed by atoms with van der Waals surface area (Å²) in [6, 6.07) is 15.2. The molecular weight excluding hydrogens is 342 g/mol. The first-order chi connectivity index (χ1) is 13.0. The highest BCUT2D eigenvalue weighted by Crippen LogP contribution is 2.22. The number of carbonyl (C=O) groups is 2. The van der Waals surface area contributed by atoms with Gasteiger partial charge in [0.2, 0.25) is 0 Å². The van der Waals surface area contributed by atoms with Crippen molar-refractivity contribution in [2.45, 2.75) is 25.7 Å². The third-order valence-electron chi connectivity index (χ3n) is 4.92. The summed E-state index contributed by atoms with van der Waals surface area (Å²) in [5.41, 5.74) is 11.6. The van der Waals surface area contributed by atoms with Gasteiger partial charge in [0.15, 0.2) is 0 Å². The van der Waals surface area contributed by atoms with Gasteiger partial charge in [-0.1, -0.05) is 24.3 Å². The number of primary amides is 1. The van der Waals surface area contributed by atoms with Crippen LogP contribution < -0.4 is 11.2 Å². The lowest BCUT2D eigenvalue weighted by Gasteiger charge is -2.15. The van der Waals surface area contributed by atoms with E-state index in [1.165, 1.54) is 24.0 Å². The maximum absolute atomic E-state index is 11.1. The van der Waals surface area contributed by atoms with Crippen molar-refractivity contribution in [3.63, 3.8) is 0 Å². The molecule has 0 saturated heterocycles. The number of amides is 2. The fourth-order valence-electron chi connectivity index (χ4n) is 3.46. The largest absolute Gasteiger partial charge is 0.364 e. The molecule has 2 amide bonds. The van der Waals surface area contributed by atoms with Gasteiger partial charge >= 0.3 is 0 Å². The fraction of sp³-hybridized carbons (Fsp3) is 0.238. The Kier molecular flexibility index (Phi) is 5.57. The van der Waals surface area contributed by atoms with Crippen molar-refractivity contribution in [1.82, 2.24) is 10.0 Å². The van der Waals surface area contributed by atoms with Crippen LogP contribution in [0.3, 0.4) is 0 Å². The minimum atomic E-state index is -0.432. The molecule has 4 N–H and O–H groups in total. The Bertz CT molecular complexity index is 992. The molecule has 6 nitrogen and oxygen atoms in total. The molecule has 3 aromatic rings. The summed E-state index contributed by atoms with van der Waals surface area (Å²) in [6.07, 6.45) is 4.58. The van der Waals surface area contributed by atoms with Crippen LogP contribution in [-0.2, 0) is 19.9 Å². The number of fused-ring (bicyclic) bond motifs is 2. The van der Waals surface area contributed by atoms with E-state index in [-0.39, 0.29) is 0 Å². The van der Waals surface area contributed by atoms with E-state index in [1.807, 2.05) is 43.4 Å². The highest BCUT2D eigenvalue weighted by atomic mass is 16.5. The highest BCUT2D eigenvalue weighted by molar-refractivity contribution is 5.97. The molecular formula is C21H23N3O3. The average Bonchev–Trinajstić information content (AvgIpc) is 3.05. The van der Waals surface area contributed by atoms with Crippen LogP contribution in [0.5, 0.6) is 0 Å². The lowest BCUT2D eigenvalue weighted by Crippen LogP contribution is -2.19. The Morgan fingerprint density at radius 1 is 1.04 bits per heavy atom. The molecule has 1 aliphatic rings. The lowest BCUT2D eigenvalue weighted by atomic mass is 9.90. The van der Waals surface area contributed by atoms with E-state index < -0.39 is 11.8 Å². The summed E-state index contributed by atoms with van der Waals surface area (Å²) in [5.74, 6) is -0.822. The second-order valence-corrected chi connectivity index (χ2v) is 6.64. The first kappa shape index (κ1) is 18.7. The van der Waals surface area contributed by atoms with Crippen molar-refractivity contribution in [3.8, 4) is 0 Å². The first-order valence-electron chi connectivity index (χ1n) is 8.91. The minimum absolute atomic E-state index is 0.390. The van der Waals surface area contributed by atoms with E-state index in [9.17, 15) is 9.59 Å². The molecule has 140 valence electrons. The zero-order valence-electron chi connectivity index (χ0n) is 15.2. The molecule has 0 unspecified atom stereocenters. The number of rotatable bonds is 2. The SMILES string of the molecule is Cn1c(C(N)=O)cc2ccccc21.O=C(NO)c1ccc2c(c1)CCCC2. The number of para-hydroxylation sites is 1. The lowest BCUT2D eigenvalue weighted by molar-refractivity contribution is 0.0706. The number of hydroxylamine groups is 1. The molecule has 27 heavy (non-hydrogen) atoms. The van der Waals surface area contributed by atoms with E-state index in [0.717, 1.165) is 23.7 Å². The number of nitrogens with two attached hydrogens (primary N) is 1. The van der Waals surface area contributed by atoms with Crippen LogP contribution in [0, 0.1) is 0 Å². The van der Waals surface area contributed by atoms with Crippen molar-refractivity contribution < 1.29 is 14.8 Å². The van der Waals surface area contributed by atoms with Crippen LogP contribution >= 0.6 is 0 Å². The van der Waals surface area contributed by atoms with Gasteiger partial charge in [-0.2, -0.15) is 0 Å². The number of carbonyl (C=O) groups excluding carboxylic acids is 2. The van der Waals surface area contributed by atoms with Crippen LogP contribution in [0.25, 0.3) is 10.9 Å². The molecule has 1 heterocycles. The zero-order valence-corrected chi connectivity index (χ0v) is 15.2. The number of hydrogen-bond donors (Lipinski definition) is 3. The normalized spacial score (nSPS) is 12.7. The summed E-state index contributed by atoms with van der Waals surface area (Å²) in [6.45, 7) is 0. The Morgan fingerprint density at radius 2 is 1.74 bits per heavy atom. The third-order valence-corrected chi connectivity index (χ3v) is 4.92. The molecule has 0 atom stereocenters. The van der Waals surface area contributed by atoms with Crippen molar-refractivity contribution in [2.75, 3.05) is 0 Å². The molecule has 6 heteroatoms. The smallest absolute Gasteiger partial charge is 0.274 e. The number of aromatic nitrogens is 1. The monoisotopic (exact) mass is 365 g/mol. The van der Waals surface area contributed by atoms with Gasteiger partial charge < -0.3 is 10.3 Å². The third kappa shape index (κ3) is 4.01. The number of aryl methyl sites for hydroxylation is 3. The molecule has 1 aromatic heterocycles. The maximum Gasteiger partial charge on any atom is 0.274 e. The van der Waals surface area contributed by atoms with Gasteiger partial charge in [-0.3, -0.25) is 14.8 Å². The summed E-state index contributed by atoms with van der Waals surface area (Å²) in [4.78, 5) is 22.1. The molecule has 0 spiro atoms. The van der Waals surface area contributed by atoms with Gasteiger partial charge in [-0.05, 0) is 61.1 Å². The topological polar surface area (TPSA) is 97.4 Å². The number of benzene rings is 2. The van der Waals surface area contributed by atoms with E-state index in [2.05, 4.69) is 0 Å². The molecule has 0 aliphatic heterocycles. The van der Waals surface area contributed by atoms with E-state index in [1.54, 1.807) is 22.2 Å². The average molecular weight is 365 g/mol. The molecule has 0 bridgehead atoms. The number of hydrogen-bond acceptors (Lipinski definition) is 3. The Labute approximate surface area is 157 Å². The molecule has 1 aliphatic carbocycles. The molecule has 2 aromatic carbocycles. The Balaban J connectivity index is 0.000000156. The van der Waals surface area contributed by atoms with Crippen LogP contribution in [0.15, 0.2) is 48.5 Å². The first-order valence-corrected chi connectivity index (χ1v) is 8.91. The van der Waals surface area contributed by atoms with Crippen LogP contribution in [0.1, 0.15) is 44.8 Å². The van der Waals surface area contributed by atoms with Crippen molar-refractivity contribution >= 4 is 22.7 Å². The van der Waals surface area contributed by atoms with Gasteiger partial charge in [-0.25, -0.2) is 5.48 Å². The van der Waals surface area contributed by atoms with Gasteiger partial charge in [-0.15, -0.1) is 0 Å². The number of nitrogens with one attached hydrogen (secondary N) is 1. The predicted molar refractivity (Wildman–Crippen MR) is 104 cm³/mol. The van der Waals surface area contributed by atoms with E-state index in [0.29, 0.717) is 11.3 Å². The maximum atomic E-state index is 11.1. The summed E-state index contributed by atoms with van der Waals surface area (Å²) < 4.78 is 1.80. The minimum Gasteiger partial charge on any atom is -0.364 e. The number of nitrogens with zero attached hydrogens (tertiary/aromatic N) is 1. The van der Waals surface area contributed by atoms with Gasteiger partial charge in [0.25, 0.3) is 11.8 Å². The Hall–Kier alpha value is -3.12. The van der Waals surface area contributed by atoms with Crippen molar-refractivity contribution in [3.05, 3.63) is 70.9 Å². The second kappa shape index (κ2) is 8.05. The predicted octanol–water partition coefficient (Wildman–Crippen LogP) is 2.96. The molecule has 4 rings (SSSR count). The van der Waals surface area contributed by atoms with E-state index in [4.69, 9.17) is 10.9 Å². The Morgan fingerprint density at radius 3 is 2.41 bits per heavy atom. The summed E-state index contributed by atoms with van der Waals surface area (Å²) in [5, 5.41) is 9.53. The highest BCUT2D eigenvalue weighted by Gasteiger charge is 2.12. The zero-order chi connectivity index (χ0) is 19.4. The quantitative estimate of drug-likeness (QED) is 0.481. The molecule has 0 saturated carbocycles. The second-order valence-electron chi connectivity index (χ2n) is 6.64.